The van der Waals surface area contributed by atoms with Crippen LogP contribution in [0.1, 0.15) is 11.1 Å². The average molecular weight is 358 g/mol. The van der Waals surface area contributed by atoms with Crippen molar-refractivity contribution in [1.29, 1.82) is 0 Å². The summed E-state index contributed by atoms with van der Waals surface area (Å²) in [5, 5.41) is 0. The van der Waals surface area contributed by atoms with E-state index in [0.717, 1.165) is 4.90 Å². The lowest BCUT2D eigenvalue weighted by Gasteiger charge is -2.36. The summed E-state index contributed by atoms with van der Waals surface area (Å²) < 4.78 is 13.9. The summed E-state index contributed by atoms with van der Waals surface area (Å²) in [7, 11) is 0. The predicted molar refractivity (Wildman–Crippen MR) is 102 cm³/mol. The third kappa shape index (κ3) is 4.34. The molecule has 1 saturated heterocycles. The van der Waals surface area contributed by atoms with Crippen molar-refractivity contribution >= 4 is 23.4 Å². The van der Waals surface area contributed by atoms with E-state index in [9.17, 15) is 9.18 Å². The normalized spacial score (nSPS) is 14.7. The van der Waals surface area contributed by atoms with Crippen LogP contribution in [0.5, 0.6) is 0 Å². The molecule has 1 aliphatic rings. The van der Waals surface area contributed by atoms with E-state index in [1.54, 1.807) is 23.9 Å². The molecule has 3 rings (SSSR count). The van der Waals surface area contributed by atoms with Gasteiger partial charge in [-0.15, -0.1) is 11.8 Å². The first-order valence-corrected chi connectivity index (χ1v) is 9.50. The molecule has 1 aliphatic heterocycles. The number of rotatable bonds is 4. The summed E-state index contributed by atoms with van der Waals surface area (Å²) in [5.41, 5.74) is 3.07. The molecule has 132 valence electrons. The van der Waals surface area contributed by atoms with Crippen molar-refractivity contribution in [2.45, 2.75) is 18.7 Å². The van der Waals surface area contributed by atoms with Crippen LogP contribution in [0.2, 0.25) is 0 Å². The number of hydrogen-bond donors (Lipinski definition) is 0. The highest BCUT2D eigenvalue weighted by atomic mass is 32.2. The fourth-order valence-electron chi connectivity index (χ4n) is 3.10. The minimum absolute atomic E-state index is 0.151. The number of carbonyl (C=O) groups excluding carboxylic acids is 1. The van der Waals surface area contributed by atoms with E-state index in [-0.39, 0.29) is 11.7 Å². The molecule has 0 N–H and O–H groups in total. The minimum Gasteiger partial charge on any atom is -0.366 e. The quantitative estimate of drug-likeness (QED) is 0.775. The Morgan fingerprint density at radius 2 is 1.80 bits per heavy atom. The number of para-hydroxylation sites is 1. The zero-order valence-corrected chi connectivity index (χ0v) is 15.5. The lowest BCUT2D eigenvalue weighted by Crippen LogP contribution is -2.49. The van der Waals surface area contributed by atoms with E-state index >= 15 is 0 Å². The second kappa shape index (κ2) is 7.91. The number of nitrogens with zero attached hydrogens (tertiary/aromatic N) is 2. The van der Waals surface area contributed by atoms with Gasteiger partial charge < -0.3 is 9.80 Å². The van der Waals surface area contributed by atoms with Crippen LogP contribution in [0.25, 0.3) is 0 Å². The van der Waals surface area contributed by atoms with Crippen LogP contribution >= 0.6 is 11.8 Å². The molecule has 0 saturated carbocycles. The average Bonchev–Trinajstić information content (AvgIpc) is 2.61. The van der Waals surface area contributed by atoms with Gasteiger partial charge >= 0.3 is 0 Å². The highest BCUT2D eigenvalue weighted by molar-refractivity contribution is 8.00. The molecule has 5 heteroatoms. The van der Waals surface area contributed by atoms with Crippen LogP contribution in [0.15, 0.2) is 47.4 Å². The van der Waals surface area contributed by atoms with Crippen LogP contribution in [0.3, 0.4) is 0 Å². The Morgan fingerprint density at radius 1 is 1.08 bits per heavy atom. The molecular weight excluding hydrogens is 335 g/mol. The van der Waals surface area contributed by atoms with Crippen molar-refractivity contribution in [3.05, 3.63) is 59.4 Å². The summed E-state index contributed by atoms with van der Waals surface area (Å²) >= 11 is 1.59. The first-order chi connectivity index (χ1) is 12.0. The maximum Gasteiger partial charge on any atom is 0.233 e. The van der Waals surface area contributed by atoms with Gasteiger partial charge in [0, 0.05) is 31.1 Å². The molecule has 1 amide bonds. The predicted octanol–water partition coefficient (Wildman–Crippen LogP) is 3.88. The van der Waals surface area contributed by atoms with Crippen molar-refractivity contribution in [3.63, 3.8) is 0 Å². The van der Waals surface area contributed by atoms with Gasteiger partial charge in [0.05, 0.1) is 11.4 Å². The fourth-order valence-corrected chi connectivity index (χ4v) is 4.01. The van der Waals surface area contributed by atoms with Crippen LogP contribution in [0.4, 0.5) is 10.1 Å². The lowest BCUT2D eigenvalue weighted by molar-refractivity contribution is -0.128. The molecule has 25 heavy (non-hydrogen) atoms. The van der Waals surface area contributed by atoms with Crippen LogP contribution in [-0.4, -0.2) is 42.7 Å². The van der Waals surface area contributed by atoms with Gasteiger partial charge in [0.2, 0.25) is 5.91 Å². The van der Waals surface area contributed by atoms with Crippen LogP contribution in [0, 0.1) is 19.7 Å². The standard InChI is InChI=1S/C20H23FN2OS/c1-15-7-8-19(16(2)13-15)25-14-20(24)23-11-9-22(10-12-23)18-6-4-3-5-17(18)21/h3-8,13H,9-12,14H2,1-2H3. The summed E-state index contributed by atoms with van der Waals surface area (Å²) in [6.45, 7) is 6.76. The number of piperazine rings is 1. The molecule has 2 aromatic rings. The van der Waals surface area contributed by atoms with Crippen molar-refractivity contribution in [1.82, 2.24) is 4.90 Å². The van der Waals surface area contributed by atoms with Gasteiger partial charge in [0.15, 0.2) is 0 Å². The number of anilines is 1. The molecule has 2 aromatic carbocycles. The first-order valence-electron chi connectivity index (χ1n) is 8.52. The van der Waals surface area contributed by atoms with E-state index in [1.807, 2.05) is 15.9 Å². The molecule has 0 atom stereocenters. The van der Waals surface area contributed by atoms with E-state index in [0.29, 0.717) is 37.6 Å². The maximum absolute atomic E-state index is 13.9. The number of halogens is 1. The Hall–Kier alpha value is -2.01. The van der Waals surface area contributed by atoms with E-state index < -0.39 is 0 Å². The Bertz CT molecular complexity index is 757. The van der Waals surface area contributed by atoms with Gasteiger partial charge in [0.25, 0.3) is 0 Å². The Morgan fingerprint density at radius 3 is 2.48 bits per heavy atom. The summed E-state index contributed by atoms with van der Waals surface area (Å²) in [4.78, 5) is 17.5. The molecule has 1 heterocycles. The second-order valence-electron chi connectivity index (χ2n) is 6.38. The fraction of sp³-hybridized carbons (Fsp3) is 0.350. The molecule has 0 radical (unpaired) electrons. The molecule has 0 aliphatic carbocycles. The van der Waals surface area contributed by atoms with Gasteiger partial charge in [-0.2, -0.15) is 0 Å². The smallest absolute Gasteiger partial charge is 0.233 e. The first kappa shape index (κ1) is 17.8. The molecule has 1 fully saturated rings. The number of hydrogen-bond acceptors (Lipinski definition) is 3. The number of thioether (sulfide) groups is 1. The number of amides is 1. The van der Waals surface area contributed by atoms with Crippen molar-refractivity contribution < 1.29 is 9.18 Å². The SMILES string of the molecule is Cc1ccc(SCC(=O)N2CCN(c3ccccc3F)CC2)c(C)c1. The monoisotopic (exact) mass is 358 g/mol. The third-order valence-corrected chi connectivity index (χ3v) is 5.67. The van der Waals surface area contributed by atoms with E-state index in [4.69, 9.17) is 0 Å². The topological polar surface area (TPSA) is 23.6 Å². The Balaban J connectivity index is 1.52. The largest absolute Gasteiger partial charge is 0.366 e. The number of benzene rings is 2. The zero-order valence-electron chi connectivity index (χ0n) is 14.7. The summed E-state index contributed by atoms with van der Waals surface area (Å²) in [6.07, 6.45) is 0. The van der Waals surface area contributed by atoms with Gasteiger partial charge in [-0.3, -0.25) is 4.79 Å². The van der Waals surface area contributed by atoms with Gasteiger partial charge in [-0.25, -0.2) is 4.39 Å². The Kier molecular flexibility index (Phi) is 5.63. The van der Waals surface area contributed by atoms with Crippen LogP contribution in [-0.2, 0) is 4.79 Å². The molecule has 3 nitrogen and oxygen atoms in total. The number of carbonyl (C=O) groups is 1. The summed E-state index contributed by atoms with van der Waals surface area (Å²) in [5.74, 6) is 0.398. The van der Waals surface area contributed by atoms with Crippen molar-refractivity contribution in [3.8, 4) is 0 Å². The van der Waals surface area contributed by atoms with Gasteiger partial charge in [-0.05, 0) is 37.6 Å². The van der Waals surface area contributed by atoms with Crippen molar-refractivity contribution in [2.24, 2.45) is 0 Å². The van der Waals surface area contributed by atoms with Gasteiger partial charge in [0.1, 0.15) is 5.82 Å². The molecular formula is C20H23FN2OS. The van der Waals surface area contributed by atoms with Gasteiger partial charge in [-0.1, -0.05) is 29.8 Å². The minimum atomic E-state index is -0.201. The van der Waals surface area contributed by atoms with E-state index in [1.165, 1.54) is 17.2 Å². The van der Waals surface area contributed by atoms with E-state index in [2.05, 4.69) is 32.0 Å². The molecule has 0 unspecified atom stereocenters. The molecule has 0 bridgehead atoms. The zero-order chi connectivity index (χ0) is 17.8. The highest BCUT2D eigenvalue weighted by Crippen LogP contribution is 2.24. The number of aryl methyl sites for hydroxylation is 2. The third-order valence-electron chi connectivity index (χ3n) is 4.51. The maximum atomic E-state index is 13.9. The highest BCUT2D eigenvalue weighted by Gasteiger charge is 2.22. The van der Waals surface area contributed by atoms with Crippen LogP contribution < -0.4 is 4.90 Å². The molecule has 0 spiro atoms. The lowest BCUT2D eigenvalue weighted by atomic mass is 10.2. The van der Waals surface area contributed by atoms with Crippen molar-refractivity contribution in [2.75, 3.05) is 36.8 Å². The second-order valence-corrected chi connectivity index (χ2v) is 7.39. The summed E-state index contributed by atoms with van der Waals surface area (Å²) in [6, 6.07) is 13.1. The Labute approximate surface area is 152 Å². The molecule has 0 aromatic heterocycles.